The third-order valence-corrected chi connectivity index (χ3v) is 3.55. The van der Waals surface area contributed by atoms with Crippen molar-refractivity contribution in [2.24, 2.45) is 0 Å². The van der Waals surface area contributed by atoms with Crippen LogP contribution < -0.4 is 0 Å². The lowest BCUT2D eigenvalue weighted by Gasteiger charge is -2.09. The lowest BCUT2D eigenvalue weighted by atomic mass is 10.0. The van der Waals surface area contributed by atoms with Crippen LogP contribution >= 0.6 is 0 Å². The van der Waals surface area contributed by atoms with E-state index in [0.717, 1.165) is 0 Å². The molecular weight excluding hydrogens is 303 g/mol. The summed E-state index contributed by atoms with van der Waals surface area (Å²) >= 11 is 0. The smallest absolute Gasteiger partial charge is 0.263 e. The summed E-state index contributed by atoms with van der Waals surface area (Å²) in [5.41, 5.74) is -5.08. The topological polar surface area (TPSA) is 86.5 Å². The van der Waals surface area contributed by atoms with E-state index in [0.29, 0.717) is 5.56 Å². The van der Waals surface area contributed by atoms with Crippen molar-refractivity contribution in [3.63, 3.8) is 0 Å². The standard InChI is InChI=1S/C10H10F3NO5S/c1-7-8(3-2-4-9(7)14(15)16)5-6-19-20(17,18)10(11,12)13/h2-4H,5-6H2,1H3. The van der Waals surface area contributed by atoms with Crippen molar-refractivity contribution in [1.29, 1.82) is 0 Å². The zero-order valence-corrected chi connectivity index (χ0v) is 11.0. The summed E-state index contributed by atoms with van der Waals surface area (Å²) in [5.74, 6) is 0. The number of hydrogen-bond acceptors (Lipinski definition) is 5. The van der Waals surface area contributed by atoms with Crippen molar-refractivity contribution in [2.75, 3.05) is 6.61 Å². The molecule has 10 heteroatoms. The first-order chi connectivity index (χ1) is 9.06. The Balaban J connectivity index is 2.78. The van der Waals surface area contributed by atoms with Gasteiger partial charge >= 0.3 is 15.6 Å². The van der Waals surface area contributed by atoms with Gasteiger partial charge in [-0.05, 0) is 18.9 Å². The quantitative estimate of drug-likeness (QED) is 0.360. The highest BCUT2D eigenvalue weighted by Crippen LogP contribution is 2.25. The van der Waals surface area contributed by atoms with Crippen LogP contribution in [0.1, 0.15) is 11.1 Å². The van der Waals surface area contributed by atoms with Crippen LogP contribution in [0.25, 0.3) is 0 Å². The Bertz CT molecular complexity index is 612. The van der Waals surface area contributed by atoms with E-state index in [2.05, 4.69) is 4.18 Å². The van der Waals surface area contributed by atoms with Crippen LogP contribution in [0, 0.1) is 17.0 Å². The number of benzene rings is 1. The summed E-state index contributed by atoms with van der Waals surface area (Å²) in [6.45, 7) is 0.676. The summed E-state index contributed by atoms with van der Waals surface area (Å²) in [6.07, 6.45) is -0.192. The first-order valence-corrected chi connectivity index (χ1v) is 6.65. The van der Waals surface area contributed by atoms with Gasteiger partial charge in [0.25, 0.3) is 5.69 Å². The fourth-order valence-corrected chi connectivity index (χ4v) is 1.90. The first kappa shape index (κ1) is 16.4. The molecule has 0 fully saturated rings. The maximum Gasteiger partial charge on any atom is 0.523 e. The third-order valence-electron chi connectivity index (χ3n) is 2.51. The zero-order valence-electron chi connectivity index (χ0n) is 10.2. The molecule has 0 N–H and O–H groups in total. The van der Waals surface area contributed by atoms with E-state index in [9.17, 15) is 31.7 Å². The molecule has 6 nitrogen and oxygen atoms in total. The Morgan fingerprint density at radius 1 is 1.35 bits per heavy atom. The molecule has 0 spiro atoms. The molecule has 0 saturated carbocycles. The maximum absolute atomic E-state index is 12.0. The van der Waals surface area contributed by atoms with Crippen LogP contribution in [0.2, 0.25) is 0 Å². The van der Waals surface area contributed by atoms with Gasteiger partial charge in [0.2, 0.25) is 0 Å². The lowest BCUT2D eigenvalue weighted by Crippen LogP contribution is -2.26. The third kappa shape index (κ3) is 3.67. The van der Waals surface area contributed by atoms with Gasteiger partial charge in [-0.15, -0.1) is 0 Å². The molecule has 1 aromatic rings. The van der Waals surface area contributed by atoms with Crippen molar-refractivity contribution in [1.82, 2.24) is 0 Å². The minimum Gasteiger partial charge on any atom is -0.263 e. The summed E-state index contributed by atoms with van der Waals surface area (Å²) in [4.78, 5) is 10.0. The number of nitrogens with zero attached hydrogens (tertiary/aromatic N) is 1. The molecule has 0 aromatic heterocycles. The van der Waals surface area contributed by atoms with E-state index in [1.165, 1.54) is 25.1 Å². The van der Waals surface area contributed by atoms with Crippen LogP contribution in [0.4, 0.5) is 18.9 Å². The second-order valence-electron chi connectivity index (χ2n) is 3.79. The van der Waals surface area contributed by atoms with Crippen LogP contribution in [-0.4, -0.2) is 25.5 Å². The van der Waals surface area contributed by atoms with Crippen molar-refractivity contribution in [3.8, 4) is 0 Å². The molecule has 1 rings (SSSR count). The van der Waals surface area contributed by atoms with Crippen LogP contribution in [0.15, 0.2) is 18.2 Å². The molecule has 1 aromatic carbocycles. The van der Waals surface area contributed by atoms with Crippen LogP contribution in [0.5, 0.6) is 0 Å². The van der Waals surface area contributed by atoms with E-state index in [1.54, 1.807) is 0 Å². The average molecular weight is 313 g/mol. The largest absolute Gasteiger partial charge is 0.523 e. The highest BCUT2D eigenvalue weighted by Gasteiger charge is 2.47. The van der Waals surface area contributed by atoms with Gasteiger partial charge in [0.15, 0.2) is 0 Å². The Morgan fingerprint density at radius 3 is 2.45 bits per heavy atom. The molecule has 0 saturated heterocycles. The summed E-state index contributed by atoms with van der Waals surface area (Å²) in [5, 5.41) is 10.7. The fourth-order valence-electron chi connectivity index (χ4n) is 1.47. The molecule has 0 amide bonds. The van der Waals surface area contributed by atoms with Gasteiger partial charge in [-0.25, -0.2) is 0 Å². The Morgan fingerprint density at radius 2 is 1.95 bits per heavy atom. The molecule has 112 valence electrons. The molecule has 0 aliphatic carbocycles. The molecule has 0 aliphatic rings. The van der Waals surface area contributed by atoms with Gasteiger partial charge < -0.3 is 0 Å². The van der Waals surface area contributed by atoms with E-state index < -0.39 is 27.2 Å². The Kier molecular flexibility index (Phi) is 4.71. The lowest BCUT2D eigenvalue weighted by molar-refractivity contribution is -0.385. The minimum atomic E-state index is -5.64. The van der Waals surface area contributed by atoms with Crippen molar-refractivity contribution >= 4 is 15.8 Å². The van der Waals surface area contributed by atoms with E-state index in [1.807, 2.05) is 0 Å². The van der Waals surface area contributed by atoms with Crippen LogP contribution in [-0.2, 0) is 20.7 Å². The molecule has 0 heterocycles. The second kappa shape index (κ2) is 5.75. The molecule has 0 bridgehead atoms. The van der Waals surface area contributed by atoms with Crippen LogP contribution in [0.3, 0.4) is 0 Å². The number of alkyl halides is 3. The van der Waals surface area contributed by atoms with Crippen molar-refractivity contribution < 1.29 is 30.7 Å². The highest BCUT2D eigenvalue weighted by molar-refractivity contribution is 7.87. The number of halogens is 3. The molecule has 0 unspecified atom stereocenters. The molecule has 20 heavy (non-hydrogen) atoms. The van der Waals surface area contributed by atoms with Gasteiger partial charge in [0, 0.05) is 11.6 Å². The van der Waals surface area contributed by atoms with Gasteiger partial charge in [-0.1, -0.05) is 12.1 Å². The van der Waals surface area contributed by atoms with Crippen molar-refractivity contribution in [3.05, 3.63) is 39.4 Å². The van der Waals surface area contributed by atoms with E-state index in [4.69, 9.17) is 0 Å². The fraction of sp³-hybridized carbons (Fsp3) is 0.400. The monoisotopic (exact) mass is 313 g/mol. The number of rotatable bonds is 5. The van der Waals surface area contributed by atoms with E-state index >= 15 is 0 Å². The number of nitro benzene ring substituents is 1. The van der Waals surface area contributed by atoms with Gasteiger partial charge in [-0.3, -0.25) is 14.3 Å². The van der Waals surface area contributed by atoms with Gasteiger partial charge in [-0.2, -0.15) is 21.6 Å². The number of nitro groups is 1. The highest BCUT2D eigenvalue weighted by atomic mass is 32.2. The predicted octanol–water partition coefficient (Wildman–Crippen LogP) is 2.31. The van der Waals surface area contributed by atoms with Crippen molar-refractivity contribution in [2.45, 2.75) is 18.9 Å². The maximum atomic E-state index is 12.0. The van der Waals surface area contributed by atoms with Gasteiger partial charge in [0.1, 0.15) is 0 Å². The summed E-state index contributed by atoms with van der Waals surface area (Å²) in [6, 6.07) is 4.05. The molecule has 0 atom stereocenters. The molecule has 0 radical (unpaired) electrons. The normalized spacial score (nSPS) is 12.4. The predicted molar refractivity (Wildman–Crippen MR) is 62.5 cm³/mol. The zero-order chi connectivity index (χ0) is 15.6. The number of hydrogen-bond donors (Lipinski definition) is 0. The molecular formula is C10H10F3NO5S. The summed E-state index contributed by atoms with van der Waals surface area (Å²) < 4.78 is 61.1. The Labute approximate surface area is 112 Å². The molecule has 0 aliphatic heterocycles. The first-order valence-electron chi connectivity index (χ1n) is 5.25. The average Bonchev–Trinajstić information content (AvgIpc) is 2.29. The van der Waals surface area contributed by atoms with Gasteiger partial charge in [0.05, 0.1) is 11.5 Å². The van der Waals surface area contributed by atoms with E-state index in [-0.39, 0.29) is 17.7 Å². The SMILES string of the molecule is Cc1c(CCOS(=O)(=O)C(F)(F)F)cccc1[N+](=O)[O-]. The second-order valence-corrected chi connectivity index (χ2v) is 5.40. The Hall–Kier alpha value is -1.68. The minimum absolute atomic E-state index is 0.192. The summed E-state index contributed by atoms with van der Waals surface area (Å²) in [7, 11) is -5.64.